The Morgan fingerprint density at radius 3 is 2.15 bits per heavy atom. The number of morpholine rings is 1. The minimum absolute atomic E-state index is 0.103. The lowest BCUT2D eigenvalue weighted by molar-refractivity contribution is -0.133. The van der Waals surface area contributed by atoms with E-state index >= 15 is 0 Å². The van der Waals surface area contributed by atoms with E-state index in [0.717, 1.165) is 50.8 Å². The van der Waals surface area contributed by atoms with E-state index in [0.29, 0.717) is 44.0 Å². The molecule has 26 heavy (non-hydrogen) atoms. The molecule has 1 aromatic rings. The normalized spacial score (nSPS) is 21.7. The molecule has 2 heterocycles. The molecule has 0 bridgehead atoms. The first-order valence-corrected chi connectivity index (χ1v) is 9.95. The monoisotopic (exact) mass is 356 g/mol. The lowest BCUT2D eigenvalue weighted by Crippen LogP contribution is -2.40. The zero-order chi connectivity index (χ0) is 17.9. The van der Waals surface area contributed by atoms with Crippen LogP contribution in [0.5, 0.6) is 0 Å². The number of nitrogens with zero attached hydrogens (tertiary/aromatic N) is 2. The molecule has 0 atom stereocenters. The molecule has 3 aliphatic rings. The molecule has 0 unspecified atom stereocenters. The summed E-state index contributed by atoms with van der Waals surface area (Å²) in [5, 5.41) is 0. The van der Waals surface area contributed by atoms with Crippen molar-refractivity contribution in [3.05, 3.63) is 35.4 Å². The molecule has 2 saturated heterocycles. The minimum Gasteiger partial charge on any atom is -0.378 e. The zero-order valence-corrected chi connectivity index (χ0v) is 15.4. The smallest absolute Gasteiger partial charge is 0.254 e. The molecule has 1 aliphatic carbocycles. The molecule has 4 rings (SSSR count). The molecular formula is C21H28N2O3. The molecule has 1 aromatic carbocycles. The van der Waals surface area contributed by atoms with Crippen LogP contribution in [0.2, 0.25) is 0 Å². The maximum absolute atomic E-state index is 12.5. The number of hydrogen-bond acceptors (Lipinski definition) is 3. The van der Waals surface area contributed by atoms with Gasteiger partial charge in [-0.1, -0.05) is 12.1 Å². The summed E-state index contributed by atoms with van der Waals surface area (Å²) < 4.78 is 5.31. The van der Waals surface area contributed by atoms with Crippen molar-refractivity contribution in [3.63, 3.8) is 0 Å². The Morgan fingerprint density at radius 1 is 0.885 bits per heavy atom. The quantitative estimate of drug-likeness (QED) is 0.832. The summed E-state index contributed by atoms with van der Waals surface area (Å²) in [4.78, 5) is 28.6. The van der Waals surface area contributed by atoms with E-state index in [1.165, 1.54) is 5.56 Å². The fraction of sp³-hybridized carbons (Fsp3) is 0.619. The van der Waals surface area contributed by atoms with Crippen LogP contribution in [0.3, 0.4) is 0 Å². The second-order valence-electron chi connectivity index (χ2n) is 7.85. The third-order valence-corrected chi connectivity index (χ3v) is 5.88. The number of rotatable bonds is 4. The highest BCUT2D eigenvalue weighted by atomic mass is 16.5. The van der Waals surface area contributed by atoms with Gasteiger partial charge in [0.05, 0.1) is 13.2 Å². The van der Waals surface area contributed by atoms with Crippen molar-refractivity contribution < 1.29 is 14.3 Å². The van der Waals surface area contributed by atoms with Gasteiger partial charge in [0.15, 0.2) is 0 Å². The number of likely N-dealkylation sites (tertiary alicyclic amines) is 1. The summed E-state index contributed by atoms with van der Waals surface area (Å²) in [6.07, 6.45) is 5.40. The first-order chi connectivity index (χ1) is 12.7. The van der Waals surface area contributed by atoms with Gasteiger partial charge in [-0.2, -0.15) is 0 Å². The van der Waals surface area contributed by atoms with E-state index in [1.54, 1.807) is 0 Å². The predicted molar refractivity (Wildman–Crippen MR) is 98.9 cm³/mol. The predicted octanol–water partition coefficient (Wildman–Crippen LogP) is 2.35. The lowest BCUT2D eigenvalue weighted by Gasteiger charge is -2.32. The summed E-state index contributed by atoms with van der Waals surface area (Å²) in [5.74, 6) is 1.46. The van der Waals surface area contributed by atoms with Crippen molar-refractivity contribution >= 4 is 11.8 Å². The van der Waals surface area contributed by atoms with E-state index in [-0.39, 0.29) is 5.91 Å². The van der Waals surface area contributed by atoms with Gasteiger partial charge in [0, 0.05) is 37.7 Å². The largest absolute Gasteiger partial charge is 0.378 e. The maximum atomic E-state index is 12.5. The van der Waals surface area contributed by atoms with Crippen LogP contribution in [0.15, 0.2) is 24.3 Å². The summed E-state index contributed by atoms with van der Waals surface area (Å²) >= 11 is 0. The average molecular weight is 356 g/mol. The summed E-state index contributed by atoms with van der Waals surface area (Å²) in [6.45, 7) is 4.44. The van der Waals surface area contributed by atoms with E-state index in [2.05, 4.69) is 17.0 Å². The highest BCUT2D eigenvalue weighted by Crippen LogP contribution is 2.33. The Balaban J connectivity index is 1.27. The van der Waals surface area contributed by atoms with Gasteiger partial charge < -0.3 is 14.5 Å². The SMILES string of the molecule is O=C(c1ccc(CC2CCN(C(=O)C3CC3)CC2)cc1)N1CCOCC1. The number of piperidine rings is 1. The standard InChI is InChI=1S/C21H28N2O3/c24-20(19-5-6-19)22-9-7-17(8-10-22)15-16-1-3-18(4-2-16)21(25)23-11-13-26-14-12-23/h1-4,17,19H,5-15H2. The van der Waals surface area contributed by atoms with Crippen molar-refractivity contribution in [1.82, 2.24) is 9.80 Å². The van der Waals surface area contributed by atoms with Crippen LogP contribution < -0.4 is 0 Å². The van der Waals surface area contributed by atoms with Gasteiger partial charge in [-0.15, -0.1) is 0 Å². The fourth-order valence-electron chi connectivity index (χ4n) is 4.01. The summed E-state index contributed by atoms with van der Waals surface area (Å²) in [5.41, 5.74) is 2.05. The third-order valence-electron chi connectivity index (χ3n) is 5.88. The number of hydrogen-bond donors (Lipinski definition) is 0. The third kappa shape index (κ3) is 4.09. The molecule has 2 amide bonds. The number of carbonyl (C=O) groups is 2. The molecule has 3 fully saturated rings. The first kappa shape index (κ1) is 17.5. The Bertz CT molecular complexity index is 640. The Kier molecular flexibility index (Phi) is 5.25. The van der Waals surface area contributed by atoms with Gasteiger partial charge in [0.1, 0.15) is 0 Å². The maximum Gasteiger partial charge on any atom is 0.254 e. The van der Waals surface area contributed by atoms with E-state index in [4.69, 9.17) is 4.74 Å². The van der Waals surface area contributed by atoms with Crippen LogP contribution in [0.25, 0.3) is 0 Å². The number of ether oxygens (including phenoxy) is 1. The lowest BCUT2D eigenvalue weighted by atomic mass is 9.89. The highest BCUT2D eigenvalue weighted by molar-refractivity contribution is 5.94. The number of amides is 2. The molecule has 5 heteroatoms. The van der Waals surface area contributed by atoms with Crippen LogP contribution in [0, 0.1) is 11.8 Å². The summed E-state index contributed by atoms with van der Waals surface area (Å²) in [7, 11) is 0. The molecular weight excluding hydrogens is 328 g/mol. The van der Waals surface area contributed by atoms with E-state index in [1.807, 2.05) is 17.0 Å². The molecule has 2 aliphatic heterocycles. The second-order valence-corrected chi connectivity index (χ2v) is 7.85. The number of carbonyl (C=O) groups excluding carboxylic acids is 2. The molecule has 0 aromatic heterocycles. The van der Waals surface area contributed by atoms with Gasteiger partial charge in [0.2, 0.25) is 5.91 Å². The fourth-order valence-corrected chi connectivity index (χ4v) is 4.01. The van der Waals surface area contributed by atoms with Gasteiger partial charge in [-0.05, 0) is 55.7 Å². The first-order valence-electron chi connectivity index (χ1n) is 9.95. The minimum atomic E-state index is 0.103. The molecule has 140 valence electrons. The van der Waals surface area contributed by atoms with Crippen molar-refractivity contribution in [3.8, 4) is 0 Å². The Hall–Kier alpha value is -1.88. The van der Waals surface area contributed by atoms with Crippen LogP contribution in [-0.2, 0) is 16.0 Å². The Labute approximate surface area is 155 Å². The highest BCUT2D eigenvalue weighted by Gasteiger charge is 2.34. The Morgan fingerprint density at radius 2 is 1.54 bits per heavy atom. The molecule has 0 radical (unpaired) electrons. The van der Waals surface area contributed by atoms with Crippen molar-refractivity contribution in [1.29, 1.82) is 0 Å². The van der Waals surface area contributed by atoms with Crippen LogP contribution in [-0.4, -0.2) is 61.0 Å². The molecule has 0 spiro atoms. The van der Waals surface area contributed by atoms with Gasteiger partial charge in [0.25, 0.3) is 5.91 Å². The number of benzene rings is 1. The van der Waals surface area contributed by atoms with Crippen molar-refractivity contribution in [2.45, 2.75) is 32.1 Å². The topological polar surface area (TPSA) is 49.9 Å². The van der Waals surface area contributed by atoms with E-state index < -0.39 is 0 Å². The second kappa shape index (κ2) is 7.78. The van der Waals surface area contributed by atoms with Crippen LogP contribution >= 0.6 is 0 Å². The van der Waals surface area contributed by atoms with Crippen LogP contribution in [0.1, 0.15) is 41.6 Å². The summed E-state index contributed by atoms with van der Waals surface area (Å²) in [6, 6.07) is 8.10. The van der Waals surface area contributed by atoms with E-state index in [9.17, 15) is 9.59 Å². The van der Waals surface area contributed by atoms with Crippen molar-refractivity contribution in [2.24, 2.45) is 11.8 Å². The molecule has 0 N–H and O–H groups in total. The molecule has 5 nitrogen and oxygen atoms in total. The molecule has 1 saturated carbocycles. The van der Waals surface area contributed by atoms with Gasteiger partial charge in [-0.3, -0.25) is 9.59 Å². The average Bonchev–Trinajstić information content (AvgIpc) is 3.54. The zero-order valence-electron chi connectivity index (χ0n) is 15.4. The van der Waals surface area contributed by atoms with Gasteiger partial charge in [-0.25, -0.2) is 0 Å². The van der Waals surface area contributed by atoms with Crippen LogP contribution in [0.4, 0.5) is 0 Å². The van der Waals surface area contributed by atoms with Gasteiger partial charge >= 0.3 is 0 Å². The van der Waals surface area contributed by atoms with Crippen molar-refractivity contribution in [2.75, 3.05) is 39.4 Å².